The van der Waals surface area contributed by atoms with Crippen molar-refractivity contribution in [1.29, 1.82) is 0 Å². The lowest BCUT2D eigenvalue weighted by molar-refractivity contribution is -0.196. The number of hydroxylamine groups is 2. The topological polar surface area (TPSA) is 81.9 Å². The maximum atomic E-state index is 10.5. The van der Waals surface area contributed by atoms with Crippen molar-refractivity contribution >= 4 is 12.1 Å². The number of carbonyl (C=O) groups excluding carboxylic acids is 2. The summed E-state index contributed by atoms with van der Waals surface area (Å²) in [4.78, 5) is 25.1. The summed E-state index contributed by atoms with van der Waals surface area (Å²) in [7, 11) is 0. The first-order valence-corrected chi connectivity index (χ1v) is 3.06. The monoisotopic (exact) mass is 160 g/mol. The SMILES string of the molecule is NC(=O)ON1CCC(=O)OC1. The van der Waals surface area contributed by atoms with Crippen LogP contribution in [-0.2, 0) is 14.4 Å². The highest BCUT2D eigenvalue weighted by Gasteiger charge is 2.19. The molecule has 0 aromatic rings. The van der Waals surface area contributed by atoms with Gasteiger partial charge in [0.05, 0.1) is 6.42 Å². The number of ether oxygens (including phenoxy) is 1. The highest BCUT2D eigenvalue weighted by Crippen LogP contribution is 2.02. The van der Waals surface area contributed by atoms with E-state index in [9.17, 15) is 9.59 Å². The van der Waals surface area contributed by atoms with Crippen molar-refractivity contribution in [1.82, 2.24) is 5.06 Å². The standard InChI is InChI=1S/C5H8N2O4/c6-5(9)11-7-2-1-4(8)10-3-7/h1-3H2,(H2,6,9). The molecule has 1 aliphatic rings. The number of nitrogens with zero attached hydrogens (tertiary/aromatic N) is 1. The number of amides is 1. The highest BCUT2D eigenvalue weighted by atomic mass is 16.7. The Bertz CT molecular complexity index is 171. The zero-order valence-electron chi connectivity index (χ0n) is 5.78. The van der Waals surface area contributed by atoms with Crippen molar-refractivity contribution < 1.29 is 19.2 Å². The third-order valence-electron chi connectivity index (χ3n) is 1.15. The fourth-order valence-corrected chi connectivity index (χ4v) is 0.696. The van der Waals surface area contributed by atoms with E-state index in [0.717, 1.165) is 0 Å². The smallest absolute Gasteiger partial charge is 0.423 e. The zero-order valence-corrected chi connectivity index (χ0v) is 5.78. The lowest BCUT2D eigenvalue weighted by Crippen LogP contribution is -2.38. The van der Waals surface area contributed by atoms with E-state index in [1.165, 1.54) is 5.06 Å². The first kappa shape index (κ1) is 7.80. The molecule has 1 amide bonds. The molecule has 6 heteroatoms. The van der Waals surface area contributed by atoms with Crippen molar-refractivity contribution in [2.45, 2.75) is 6.42 Å². The summed E-state index contributed by atoms with van der Waals surface area (Å²) in [6.45, 7) is 0.295. The largest absolute Gasteiger partial charge is 0.446 e. The number of nitrogens with two attached hydrogens (primary N) is 1. The summed E-state index contributed by atoms with van der Waals surface area (Å²) in [5.74, 6) is -0.297. The van der Waals surface area contributed by atoms with Crippen LogP contribution in [0.2, 0.25) is 0 Å². The van der Waals surface area contributed by atoms with Crippen LogP contribution in [0, 0.1) is 0 Å². The summed E-state index contributed by atoms with van der Waals surface area (Å²) < 4.78 is 4.55. The van der Waals surface area contributed by atoms with Crippen molar-refractivity contribution in [3.63, 3.8) is 0 Å². The lowest BCUT2D eigenvalue weighted by Gasteiger charge is -2.22. The molecule has 0 bridgehead atoms. The van der Waals surface area contributed by atoms with Gasteiger partial charge in [0.25, 0.3) is 0 Å². The molecule has 1 fully saturated rings. The van der Waals surface area contributed by atoms with Gasteiger partial charge < -0.3 is 15.3 Å². The molecule has 6 nitrogen and oxygen atoms in total. The molecular weight excluding hydrogens is 152 g/mol. The maximum Gasteiger partial charge on any atom is 0.423 e. The Hall–Kier alpha value is -1.30. The molecule has 1 heterocycles. The number of primary amides is 1. The first-order valence-electron chi connectivity index (χ1n) is 3.06. The Morgan fingerprint density at radius 2 is 2.45 bits per heavy atom. The van der Waals surface area contributed by atoms with E-state index in [2.05, 4.69) is 9.57 Å². The number of carbonyl (C=O) groups is 2. The second-order valence-corrected chi connectivity index (χ2v) is 2.01. The third kappa shape index (κ3) is 2.42. The van der Waals surface area contributed by atoms with Crippen LogP contribution in [0.1, 0.15) is 6.42 Å². The number of hydrogen-bond donors (Lipinski definition) is 1. The van der Waals surface area contributed by atoms with Crippen molar-refractivity contribution in [3.8, 4) is 0 Å². The molecule has 1 aliphatic heterocycles. The second-order valence-electron chi connectivity index (χ2n) is 2.01. The molecule has 0 radical (unpaired) electrons. The lowest BCUT2D eigenvalue weighted by atomic mass is 10.4. The van der Waals surface area contributed by atoms with Gasteiger partial charge in [-0.1, -0.05) is 0 Å². The van der Waals surface area contributed by atoms with Gasteiger partial charge in [-0.25, -0.2) is 4.79 Å². The summed E-state index contributed by atoms with van der Waals surface area (Å²) >= 11 is 0. The minimum atomic E-state index is -0.900. The van der Waals surface area contributed by atoms with Crippen molar-refractivity contribution in [3.05, 3.63) is 0 Å². The maximum absolute atomic E-state index is 10.5. The van der Waals surface area contributed by atoms with Gasteiger partial charge in [-0.3, -0.25) is 4.79 Å². The minimum absolute atomic E-state index is 0.0399. The van der Waals surface area contributed by atoms with Crippen LogP contribution in [0.4, 0.5) is 4.79 Å². The predicted octanol–water partition coefficient (Wildman–Crippen LogP) is -0.797. The molecule has 2 N–H and O–H groups in total. The molecule has 0 saturated carbocycles. The molecule has 11 heavy (non-hydrogen) atoms. The van der Waals surface area contributed by atoms with E-state index in [-0.39, 0.29) is 19.1 Å². The van der Waals surface area contributed by atoms with E-state index >= 15 is 0 Å². The summed E-state index contributed by atoms with van der Waals surface area (Å²) in [6.07, 6.45) is -0.684. The van der Waals surface area contributed by atoms with E-state index in [1.54, 1.807) is 0 Å². The Balaban J connectivity index is 2.28. The number of esters is 1. The van der Waals surface area contributed by atoms with Crippen LogP contribution in [0.5, 0.6) is 0 Å². The van der Waals surface area contributed by atoms with E-state index < -0.39 is 6.09 Å². The summed E-state index contributed by atoms with van der Waals surface area (Å²) in [5.41, 5.74) is 4.71. The molecule has 0 atom stereocenters. The van der Waals surface area contributed by atoms with Gasteiger partial charge in [0, 0.05) is 6.54 Å². The van der Waals surface area contributed by atoms with Crippen LogP contribution in [-0.4, -0.2) is 30.4 Å². The van der Waals surface area contributed by atoms with E-state index in [4.69, 9.17) is 5.73 Å². The molecule has 1 saturated heterocycles. The fourth-order valence-electron chi connectivity index (χ4n) is 0.696. The quantitative estimate of drug-likeness (QED) is 0.508. The Morgan fingerprint density at radius 1 is 1.73 bits per heavy atom. The number of hydrogen-bond acceptors (Lipinski definition) is 5. The van der Waals surface area contributed by atoms with E-state index in [0.29, 0.717) is 6.54 Å². The summed E-state index contributed by atoms with van der Waals surface area (Å²) in [6, 6.07) is 0. The van der Waals surface area contributed by atoms with Crippen LogP contribution >= 0.6 is 0 Å². The third-order valence-corrected chi connectivity index (χ3v) is 1.15. The molecule has 62 valence electrons. The normalized spacial score (nSPS) is 19.1. The van der Waals surface area contributed by atoms with Crippen LogP contribution in [0.3, 0.4) is 0 Å². The number of cyclic esters (lactones) is 1. The Morgan fingerprint density at radius 3 is 2.91 bits per heavy atom. The average Bonchev–Trinajstić information content (AvgIpc) is 1.93. The predicted molar refractivity (Wildman–Crippen MR) is 33.0 cm³/mol. The molecular formula is C5H8N2O4. The molecule has 1 rings (SSSR count). The average molecular weight is 160 g/mol. The summed E-state index contributed by atoms with van der Waals surface area (Å²) in [5, 5.41) is 1.18. The second kappa shape index (κ2) is 3.20. The highest BCUT2D eigenvalue weighted by molar-refractivity contribution is 5.70. The van der Waals surface area contributed by atoms with Gasteiger partial charge in [0.15, 0.2) is 6.73 Å². The molecule has 0 unspecified atom stereocenters. The fraction of sp³-hybridized carbons (Fsp3) is 0.600. The minimum Gasteiger partial charge on any atom is -0.446 e. The van der Waals surface area contributed by atoms with Gasteiger partial charge in [0.2, 0.25) is 0 Å². The molecule has 0 aromatic carbocycles. The Kier molecular flexibility index (Phi) is 2.27. The van der Waals surface area contributed by atoms with Crippen LogP contribution < -0.4 is 5.73 Å². The van der Waals surface area contributed by atoms with Crippen LogP contribution in [0.15, 0.2) is 0 Å². The Labute approximate surface area is 62.8 Å². The first-order chi connectivity index (χ1) is 5.18. The zero-order chi connectivity index (χ0) is 8.27. The van der Waals surface area contributed by atoms with Crippen molar-refractivity contribution in [2.24, 2.45) is 5.73 Å². The van der Waals surface area contributed by atoms with Gasteiger partial charge in [-0.15, -0.1) is 5.06 Å². The van der Waals surface area contributed by atoms with Gasteiger partial charge in [-0.05, 0) is 0 Å². The van der Waals surface area contributed by atoms with Gasteiger partial charge in [0.1, 0.15) is 0 Å². The van der Waals surface area contributed by atoms with E-state index in [1.807, 2.05) is 0 Å². The van der Waals surface area contributed by atoms with Gasteiger partial charge >= 0.3 is 12.1 Å². The van der Waals surface area contributed by atoms with Crippen molar-refractivity contribution in [2.75, 3.05) is 13.3 Å². The van der Waals surface area contributed by atoms with Gasteiger partial charge in [-0.2, -0.15) is 0 Å². The molecule has 0 spiro atoms. The van der Waals surface area contributed by atoms with Crippen LogP contribution in [0.25, 0.3) is 0 Å². The molecule has 0 aliphatic carbocycles. The number of rotatable bonds is 1. The molecule has 0 aromatic heterocycles.